The molecule has 0 aliphatic rings. The number of nitrogens with one attached hydrogen (secondary N) is 2. The van der Waals surface area contributed by atoms with Crippen LogP contribution in [-0.2, 0) is 4.79 Å². The van der Waals surface area contributed by atoms with E-state index in [1.165, 1.54) is 23.1 Å². The second-order valence-electron chi connectivity index (χ2n) is 3.07. The molecule has 0 aliphatic heterocycles. The quantitative estimate of drug-likeness (QED) is 0.576. The first-order valence-electron chi connectivity index (χ1n) is 5.16. The third kappa shape index (κ3) is 5.56. The zero-order valence-electron chi connectivity index (χ0n) is 9.52. The monoisotopic (exact) mass is 270 g/mol. The van der Waals surface area contributed by atoms with Crippen molar-refractivity contribution < 1.29 is 4.79 Å². The highest BCUT2D eigenvalue weighted by Gasteiger charge is 2.06. The first kappa shape index (κ1) is 13.8. The Morgan fingerprint density at radius 3 is 3.12 bits per heavy atom. The number of aromatic nitrogens is 2. The van der Waals surface area contributed by atoms with E-state index in [4.69, 9.17) is 6.42 Å². The molecular weight excluding hydrogens is 256 g/mol. The minimum absolute atomic E-state index is 0.0915. The topological polar surface area (TPSA) is 66.9 Å². The van der Waals surface area contributed by atoms with Crippen molar-refractivity contribution in [1.82, 2.24) is 15.5 Å². The summed E-state index contributed by atoms with van der Waals surface area (Å²) in [6.07, 6.45) is 6.07. The van der Waals surface area contributed by atoms with Gasteiger partial charge in [0.2, 0.25) is 11.0 Å². The molecule has 1 rings (SSSR count). The van der Waals surface area contributed by atoms with Crippen molar-refractivity contribution in [2.24, 2.45) is 0 Å². The smallest absolute Gasteiger partial charge is 0.231 e. The van der Waals surface area contributed by atoms with E-state index in [2.05, 4.69) is 33.7 Å². The summed E-state index contributed by atoms with van der Waals surface area (Å²) < 4.78 is 0.777. The lowest BCUT2D eigenvalue weighted by atomic mass is 10.5. The third-order valence-electron chi connectivity index (χ3n) is 1.65. The Morgan fingerprint density at radius 2 is 2.41 bits per heavy atom. The van der Waals surface area contributed by atoms with Crippen LogP contribution in [0.3, 0.4) is 0 Å². The second-order valence-corrected chi connectivity index (χ2v) is 5.27. The van der Waals surface area contributed by atoms with E-state index in [-0.39, 0.29) is 12.5 Å². The van der Waals surface area contributed by atoms with Gasteiger partial charge in [0.25, 0.3) is 0 Å². The molecule has 0 saturated carbocycles. The number of carbonyl (C=O) groups excluding carboxylic acids is 1. The lowest BCUT2D eigenvalue weighted by Gasteiger charge is -1.98. The first-order valence-corrected chi connectivity index (χ1v) is 6.96. The summed E-state index contributed by atoms with van der Waals surface area (Å²) in [7, 11) is 0. The van der Waals surface area contributed by atoms with Crippen LogP contribution in [0.5, 0.6) is 0 Å². The van der Waals surface area contributed by atoms with Gasteiger partial charge in [-0.05, 0) is 6.42 Å². The molecular formula is C10H14N4OS2. The predicted molar refractivity (Wildman–Crippen MR) is 71.3 cm³/mol. The van der Waals surface area contributed by atoms with E-state index >= 15 is 0 Å². The SMILES string of the molecule is C#CCNC(=O)CSc1nnc(NCCC)s1. The molecule has 1 aromatic rings. The number of nitrogens with zero attached hydrogens (tertiary/aromatic N) is 2. The van der Waals surface area contributed by atoms with Crippen LogP contribution in [0.15, 0.2) is 4.34 Å². The Labute approximate surface area is 109 Å². The molecule has 0 radical (unpaired) electrons. The standard InChI is InChI=1S/C10H14N4OS2/c1-3-5-11-8(15)7-16-10-14-13-9(17-10)12-6-4-2/h1H,4-7H2,2H3,(H,11,15)(H,12,13). The lowest BCUT2D eigenvalue weighted by Crippen LogP contribution is -2.25. The maximum Gasteiger partial charge on any atom is 0.231 e. The Bertz CT molecular complexity index is 399. The Hall–Kier alpha value is -1.26. The van der Waals surface area contributed by atoms with Crippen molar-refractivity contribution in [2.45, 2.75) is 17.7 Å². The summed E-state index contributed by atoms with van der Waals surface area (Å²) in [6.45, 7) is 3.22. The van der Waals surface area contributed by atoms with Gasteiger partial charge in [0.1, 0.15) is 0 Å². The Kier molecular flexibility index (Phi) is 6.43. The molecule has 1 heterocycles. The fraction of sp³-hybridized carbons (Fsp3) is 0.500. The van der Waals surface area contributed by atoms with Crippen LogP contribution >= 0.6 is 23.1 Å². The van der Waals surface area contributed by atoms with E-state index < -0.39 is 0 Å². The van der Waals surface area contributed by atoms with Crippen LogP contribution in [0.1, 0.15) is 13.3 Å². The summed E-state index contributed by atoms with van der Waals surface area (Å²) >= 11 is 2.81. The summed E-state index contributed by atoms with van der Waals surface area (Å²) in [5.74, 6) is 2.57. The highest BCUT2D eigenvalue weighted by Crippen LogP contribution is 2.24. The maximum atomic E-state index is 11.3. The lowest BCUT2D eigenvalue weighted by molar-refractivity contribution is -0.118. The first-order chi connectivity index (χ1) is 8.26. The van der Waals surface area contributed by atoms with Crippen molar-refractivity contribution >= 4 is 34.1 Å². The second kappa shape index (κ2) is 7.92. The Balaban J connectivity index is 2.29. The number of terminal acetylenes is 1. The molecule has 1 amide bonds. The minimum atomic E-state index is -0.0915. The molecule has 0 bridgehead atoms. The van der Waals surface area contributed by atoms with Crippen molar-refractivity contribution in [3.8, 4) is 12.3 Å². The molecule has 0 aliphatic carbocycles. The summed E-state index contributed by atoms with van der Waals surface area (Å²) in [5, 5.41) is 14.5. The third-order valence-corrected chi connectivity index (χ3v) is 3.66. The summed E-state index contributed by atoms with van der Waals surface area (Å²) in [6, 6.07) is 0. The molecule has 0 fully saturated rings. The van der Waals surface area contributed by atoms with Crippen molar-refractivity contribution in [3.63, 3.8) is 0 Å². The fourth-order valence-corrected chi connectivity index (χ4v) is 2.51. The number of amides is 1. The minimum Gasteiger partial charge on any atom is -0.360 e. The molecule has 7 heteroatoms. The van der Waals surface area contributed by atoms with Crippen molar-refractivity contribution in [2.75, 3.05) is 24.2 Å². The fourth-order valence-electron chi connectivity index (χ4n) is 0.899. The molecule has 1 aromatic heterocycles. The van der Waals surface area contributed by atoms with Gasteiger partial charge in [0, 0.05) is 6.54 Å². The van der Waals surface area contributed by atoms with Gasteiger partial charge in [-0.1, -0.05) is 35.9 Å². The maximum absolute atomic E-state index is 11.3. The van der Waals surface area contributed by atoms with Gasteiger partial charge in [-0.2, -0.15) is 0 Å². The van der Waals surface area contributed by atoms with Crippen molar-refractivity contribution in [1.29, 1.82) is 0 Å². The molecule has 0 unspecified atom stereocenters. The Morgan fingerprint density at radius 1 is 1.59 bits per heavy atom. The van der Waals surface area contributed by atoms with Gasteiger partial charge in [-0.25, -0.2) is 0 Å². The van der Waals surface area contributed by atoms with Gasteiger partial charge in [-0.3, -0.25) is 4.79 Å². The summed E-state index contributed by atoms with van der Waals surface area (Å²) in [5.41, 5.74) is 0. The normalized spacial score (nSPS) is 9.65. The van der Waals surface area contributed by atoms with Crippen molar-refractivity contribution in [3.05, 3.63) is 0 Å². The predicted octanol–water partition coefficient (Wildman–Crippen LogP) is 1.20. The average Bonchev–Trinajstić information content (AvgIpc) is 2.79. The number of carbonyl (C=O) groups is 1. The van der Waals surface area contributed by atoms with Gasteiger partial charge < -0.3 is 10.6 Å². The van der Waals surface area contributed by atoms with Crippen LogP contribution in [0, 0.1) is 12.3 Å². The number of hydrogen-bond donors (Lipinski definition) is 2. The number of thioether (sulfide) groups is 1. The van der Waals surface area contributed by atoms with E-state index in [9.17, 15) is 4.79 Å². The molecule has 92 valence electrons. The highest BCUT2D eigenvalue weighted by atomic mass is 32.2. The number of hydrogen-bond acceptors (Lipinski definition) is 6. The molecule has 0 atom stereocenters. The molecule has 0 saturated heterocycles. The number of rotatable bonds is 7. The molecule has 2 N–H and O–H groups in total. The van der Waals surface area contributed by atoms with E-state index in [0.717, 1.165) is 22.4 Å². The van der Waals surface area contributed by atoms with Crippen LogP contribution in [0.4, 0.5) is 5.13 Å². The van der Waals surface area contributed by atoms with Gasteiger partial charge >= 0.3 is 0 Å². The highest BCUT2D eigenvalue weighted by molar-refractivity contribution is 8.01. The van der Waals surface area contributed by atoms with E-state index in [1.807, 2.05) is 0 Å². The molecule has 5 nitrogen and oxygen atoms in total. The largest absolute Gasteiger partial charge is 0.360 e. The average molecular weight is 270 g/mol. The molecule has 0 spiro atoms. The molecule has 0 aromatic carbocycles. The zero-order valence-corrected chi connectivity index (χ0v) is 11.2. The van der Waals surface area contributed by atoms with Gasteiger partial charge in [0.15, 0.2) is 4.34 Å². The van der Waals surface area contributed by atoms with Crippen LogP contribution in [0.25, 0.3) is 0 Å². The summed E-state index contributed by atoms with van der Waals surface area (Å²) in [4.78, 5) is 11.3. The van der Waals surface area contributed by atoms with Crippen LogP contribution < -0.4 is 10.6 Å². The van der Waals surface area contributed by atoms with Gasteiger partial charge in [0.05, 0.1) is 12.3 Å². The van der Waals surface area contributed by atoms with E-state index in [0.29, 0.717) is 5.75 Å². The van der Waals surface area contributed by atoms with Gasteiger partial charge in [-0.15, -0.1) is 16.6 Å². The number of anilines is 1. The molecule has 17 heavy (non-hydrogen) atoms. The zero-order chi connectivity index (χ0) is 12.5. The van der Waals surface area contributed by atoms with Crippen LogP contribution in [-0.4, -0.2) is 34.9 Å². The van der Waals surface area contributed by atoms with E-state index in [1.54, 1.807) is 0 Å². The van der Waals surface area contributed by atoms with Crippen LogP contribution in [0.2, 0.25) is 0 Å².